The van der Waals surface area contributed by atoms with E-state index in [1.165, 1.54) is 6.08 Å². The number of fused-ring (bicyclic) bond motifs is 2. The van der Waals surface area contributed by atoms with Crippen LogP contribution in [0.2, 0.25) is 0 Å². The van der Waals surface area contributed by atoms with E-state index < -0.39 is 0 Å². The molecule has 38 heavy (non-hydrogen) atoms. The molecule has 190 valence electrons. The average Bonchev–Trinajstić information content (AvgIpc) is 3.52. The quantitative estimate of drug-likeness (QED) is 0.230. The van der Waals surface area contributed by atoms with Crippen LogP contribution in [-0.4, -0.2) is 31.1 Å². The van der Waals surface area contributed by atoms with Crippen molar-refractivity contribution in [1.82, 2.24) is 25.1 Å². The molecule has 0 saturated carbocycles. The summed E-state index contributed by atoms with van der Waals surface area (Å²) in [5, 5.41) is 12.4. The van der Waals surface area contributed by atoms with Gasteiger partial charge in [0.05, 0.1) is 23.3 Å². The number of anilines is 1. The summed E-state index contributed by atoms with van der Waals surface area (Å²) >= 11 is 0. The second kappa shape index (κ2) is 9.70. The molecule has 8 heteroatoms. The van der Waals surface area contributed by atoms with E-state index >= 15 is 0 Å². The molecule has 0 radical (unpaired) electrons. The molecule has 1 atom stereocenters. The summed E-state index contributed by atoms with van der Waals surface area (Å²) in [7, 11) is 0. The van der Waals surface area contributed by atoms with Gasteiger partial charge < -0.3 is 10.3 Å². The van der Waals surface area contributed by atoms with Crippen molar-refractivity contribution in [3.8, 4) is 22.5 Å². The Morgan fingerprint density at radius 3 is 2.84 bits per heavy atom. The Bertz CT molecular complexity index is 1730. The Morgan fingerprint density at radius 2 is 2.00 bits per heavy atom. The third kappa shape index (κ3) is 4.61. The van der Waals surface area contributed by atoms with Crippen molar-refractivity contribution in [2.75, 3.05) is 5.32 Å². The topological polar surface area (TPSA) is 99.3 Å². The van der Waals surface area contributed by atoms with Crippen LogP contribution in [0.1, 0.15) is 38.2 Å². The van der Waals surface area contributed by atoms with Crippen LogP contribution >= 0.6 is 0 Å². The van der Waals surface area contributed by atoms with Crippen molar-refractivity contribution in [2.45, 2.75) is 32.6 Å². The first-order valence-electron chi connectivity index (χ1n) is 12.7. The summed E-state index contributed by atoms with van der Waals surface area (Å²) in [5.74, 6) is 0.113. The summed E-state index contributed by atoms with van der Waals surface area (Å²) < 4.78 is 14.0. The van der Waals surface area contributed by atoms with Crippen molar-refractivity contribution < 1.29 is 9.18 Å². The zero-order chi connectivity index (χ0) is 26.2. The number of benzene rings is 1. The lowest BCUT2D eigenvalue weighted by molar-refractivity contribution is -0.116. The van der Waals surface area contributed by atoms with Crippen LogP contribution < -0.4 is 5.32 Å². The predicted octanol–water partition coefficient (Wildman–Crippen LogP) is 7.05. The molecule has 0 fully saturated rings. The Kier molecular flexibility index (Phi) is 6.07. The summed E-state index contributed by atoms with van der Waals surface area (Å²) in [6, 6.07) is 12.1. The standard InChI is InChI=1S/C30H27FN6O/c1-17(2)9-28(38)34-22-11-19(14-32-16-22)20-12-25-29(36-37-30(25)33-15-20)27-13-24-23(7-4-8-26(24)35-27)18-5-3-6-21(31)10-18/h3-8,11-18,35H,9-10H2,1-2H3,(H,34,38)(H,33,36,37). The van der Waals surface area contributed by atoms with Crippen LogP contribution in [0, 0.1) is 5.92 Å². The predicted molar refractivity (Wildman–Crippen MR) is 148 cm³/mol. The summed E-state index contributed by atoms with van der Waals surface area (Å²) in [6.45, 7) is 4.02. The van der Waals surface area contributed by atoms with Gasteiger partial charge in [-0.2, -0.15) is 5.10 Å². The minimum absolute atomic E-state index is 0.0139. The molecule has 5 aromatic rings. The minimum atomic E-state index is -0.110. The number of aromatic nitrogens is 5. The van der Waals surface area contributed by atoms with Crippen molar-refractivity contribution >= 4 is 33.5 Å². The van der Waals surface area contributed by atoms with E-state index in [0.717, 1.165) is 44.4 Å². The number of H-pyrrole nitrogens is 2. The van der Waals surface area contributed by atoms with E-state index in [4.69, 9.17) is 0 Å². The number of rotatable bonds is 6. The number of amides is 1. The number of halogens is 1. The van der Waals surface area contributed by atoms with Crippen LogP contribution in [-0.2, 0) is 4.79 Å². The van der Waals surface area contributed by atoms with E-state index in [2.05, 4.69) is 42.6 Å². The molecule has 3 N–H and O–H groups in total. The van der Waals surface area contributed by atoms with Crippen molar-refractivity contribution in [3.63, 3.8) is 0 Å². The smallest absolute Gasteiger partial charge is 0.224 e. The first-order chi connectivity index (χ1) is 18.4. The summed E-state index contributed by atoms with van der Waals surface area (Å²) in [5.41, 5.74) is 6.68. The zero-order valence-corrected chi connectivity index (χ0v) is 21.1. The van der Waals surface area contributed by atoms with E-state index in [-0.39, 0.29) is 23.6 Å². The number of nitrogens with zero attached hydrogens (tertiary/aromatic N) is 3. The SMILES string of the molecule is CC(C)CC(=O)Nc1cncc(-c2cnc3n[nH]c(-c4cc5c(C6C=CC=C(F)C6)cccc5[nH]4)c3c2)c1. The monoisotopic (exact) mass is 506 g/mol. The van der Waals surface area contributed by atoms with Crippen LogP contribution in [0.4, 0.5) is 10.1 Å². The Labute approximate surface area is 218 Å². The van der Waals surface area contributed by atoms with Gasteiger partial charge in [-0.25, -0.2) is 9.37 Å². The van der Waals surface area contributed by atoms with Gasteiger partial charge in [0.15, 0.2) is 5.65 Å². The molecule has 1 amide bonds. The first-order valence-corrected chi connectivity index (χ1v) is 12.7. The second-order valence-electron chi connectivity index (χ2n) is 10.1. The maximum absolute atomic E-state index is 14.0. The number of hydrogen-bond acceptors (Lipinski definition) is 4. The lowest BCUT2D eigenvalue weighted by atomic mass is 9.90. The maximum Gasteiger partial charge on any atom is 0.224 e. The lowest BCUT2D eigenvalue weighted by Gasteiger charge is -2.15. The van der Waals surface area contributed by atoms with Gasteiger partial charge in [-0.15, -0.1) is 0 Å². The van der Waals surface area contributed by atoms with Gasteiger partial charge in [-0.1, -0.05) is 38.1 Å². The number of allylic oxidation sites excluding steroid dienone is 4. The number of pyridine rings is 2. The van der Waals surface area contributed by atoms with Crippen molar-refractivity contribution in [3.05, 3.63) is 84.6 Å². The Hall–Kier alpha value is -4.59. The molecule has 0 bridgehead atoms. The van der Waals surface area contributed by atoms with E-state index in [9.17, 15) is 9.18 Å². The molecule has 4 heterocycles. The third-order valence-electron chi connectivity index (χ3n) is 6.76. The van der Waals surface area contributed by atoms with E-state index in [1.54, 1.807) is 24.7 Å². The molecule has 0 spiro atoms. The summed E-state index contributed by atoms with van der Waals surface area (Å²) in [4.78, 5) is 24.6. The highest BCUT2D eigenvalue weighted by atomic mass is 19.1. The minimum Gasteiger partial charge on any atom is -0.353 e. The molecular weight excluding hydrogens is 479 g/mol. The van der Waals surface area contributed by atoms with Gasteiger partial charge in [0.1, 0.15) is 5.83 Å². The third-order valence-corrected chi connectivity index (χ3v) is 6.76. The average molecular weight is 507 g/mol. The number of nitrogens with one attached hydrogen (secondary N) is 3. The Morgan fingerprint density at radius 1 is 1.13 bits per heavy atom. The molecule has 6 rings (SSSR count). The number of carbonyl (C=O) groups is 1. The molecule has 0 saturated heterocycles. The Balaban J connectivity index is 1.36. The highest BCUT2D eigenvalue weighted by Gasteiger charge is 2.19. The highest BCUT2D eigenvalue weighted by Crippen LogP contribution is 2.37. The van der Waals surface area contributed by atoms with Gasteiger partial charge in [-0.3, -0.25) is 14.9 Å². The van der Waals surface area contributed by atoms with Crippen LogP contribution in [0.15, 0.2) is 79.0 Å². The normalized spacial score (nSPS) is 15.4. The van der Waals surface area contributed by atoms with Crippen LogP contribution in [0.5, 0.6) is 0 Å². The highest BCUT2D eigenvalue weighted by molar-refractivity contribution is 5.97. The van der Waals surface area contributed by atoms with Gasteiger partial charge in [-0.05, 0) is 41.8 Å². The molecule has 7 nitrogen and oxygen atoms in total. The molecule has 1 aliphatic rings. The van der Waals surface area contributed by atoms with E-state index in [1.807, 2.05) is 44.2 Å². The second-order valence-corrected chi connectivity index (χ2v) is 10.1. The van der Waals surface area contributed by atoms with Gasteiger partial charge in [0.2, 0.25) is 5.91 Å². The summed E-state index contributed by atoms with van der Waals surface area (Å²) in [6.07, 6.45) is 11.3. The number of aromatic amines is 2. The fourth-order valence-corrected chi connectivity index (χ4v) is 5.00. The number of hydrogen-bond donors (Lipinski definition) is 3. The largest absolute Gasteiger partial charge is 0.353 e. The molecule has 1 aromatic carbocycles. The fraction of sp³-hybridized carbons (Fsp3) is 0.200. The van der Waals surface area contributed by atoms with Crippen LogP contribution in [0.25, 0.3) is 44.5 Å². The molecule has 0 aliphatic heterocycles. The fourth-order valence-electron chi connectivity index (χ4n) is 5.00. The zero-order valence-electron chi connectivity index (χ0n) is 21.1. The van der Waals surface area contributed by atoms with E-state index in [0.29, 0.717) is 24.2 Å². The maximum atomic E-state index is 14.0. The van der Waals surface area contributed by atoms with Gasteiger partial charge in [0, 0.05) is 58.6 Å². The van der Waals surface area contributed by atoms with Crippen LogP contribution in [0.3, 0.4) is 0 Å². The number of carbonyl (C=O) groups excluding carboxylic acids is 1. The van der Waals surface area contributed by atoms with Crippen molar-refractivity contribution in [2.24, 2.45) is 5.92 Å². The molecule has 1 unspecified atom stereocenters. The molecular formula is C30H27FN6O. The lowest BCUT2D eigenvalue weighted by Crippen LogP contribution is -2.13. The van der Waals surface area contributed by atoms with Crippen molar-refractivity contribution in [1.29, 1.82) is 0 Å². The van der Waals surface area contributed by atoms with Gasteiger partial charge in [0.25, 0.3) is 0 Å². The van der Waals surface area contributed by atoms with Gasteiger partial charge >= 0.3 is 0 Å². The first kappa shape index (κ1) is 23.8. The molecule has 4 aromatic heterocycles. The molecule has 1 aliphatic carbocycles.